The van der Waals surface area contributed by atoms with E-state index in [0.717, 1.165) is 52.1 Å². The molecule has 208 valence electrons. The summed E-state index contributed by atoms with van der Waals surface area (Å²) in [5.74, 6) is -1.14. The number of allylic oxidation sites excluding steroid dienone is 4. The molecule has 0 unspecified atom stereocenters. The molecule has 40 heavy (non-hydrogen) atoms. The molecule has 0 aromatic heterocycles. The van der Waals surface area contributed by atoms with Gasteiger partial charge in [-0.05, 0) is 25.9 Å². The maximum atomic E-state index is 12.8. The number of ketones is 4. The van der Waals surface area contributed by atoms with Gasteiger partial charge in [-0.15, -0.1) is 0 Å². The van der Waals surface area contributed by atoms with Gasteiger partial charge < -0.3 is 20.4 Å². The van der Waals surface area contributed by atoms with Gasteiger partial charge >= 0.3 is 0 Å². The molecule has 0 atom stereocenters. The molecule has 1 saturated heterocycles. The highest BCUT2D eigenvalue weighted by Gasteiger charge is 2.32. The average Bonchev–Trinajstić information content (AvgIpc) is 2.98. The molecule has 10 heteroatoms. The van der Waals surface area contributed by atoms with Gasteiger partial charge in [0.25, 0.3) is 0 Å². The quantitative estimate of drug-likeness (QED) is 0.411. The lowest BCUT2D eigenvalue weighted by Gasteiger charge is -2.34. The Morgan fingerprint density at radius 1 is 0.550 bits per heavy atom. The smallest absolute Gasteiger partial charge is 0.211 e. The second kappa shape index (κ2) is 12.5. The minimum atomic E-state index is -0.324. The molecular formula is C30H30Cl2N4O4. The fourth-order valence-corrected chi connectivity index (χ4v) is 5.78. The number of rotatable bonds is 10. The topological polar surface area (TPSA) is 98.8 Å². The van der Waals surface area contributed by atoms with E-state index in [1.807, 2.05) is 0 Å². The first kappa shape index (κ1) is 28.2. The minimum absolute atomic E-state index is 0.0466. The molecule has 1 fully saturated rings. The predicted molar refractivity (Wildman–Crippen MR) is 154 cm³/mol. The summed E-state index contributed by atoms with van der Waals surface area (Å²) in [4.78, 5) is 55.3. The molecule has 0 radical (unpaired) electrons. The van der Waals surface area contributed by atoms with Gasteiger partial charge in [0.05, 0.1) is 0 Å². The first-order chi connectivity index (χ1) is 19.4. The lowest BCUT2D eigenvalue weighted by atomic mass is 9.92. The molecule has 0 bridgehead atoms. The fraction of sp³-hybridized carbons (Fsp3) is 0.333. The van der Waals surface area contributed by atoms with Crippen molar-refractivity contribution in [2.45, 2.75) is 12.8 Å². The number of halogens is 2. The Bertz CT molecular complexity index is 1320. The van der Waals surface area contributed by atoms with Crippen molar-refractivity contribution < 1.29 is 19.2 Å². The summed E-state index contributed by atoms with van der Waals surface area (Å²) in [6.07, 6.45) is 1.62. The number of carbonyl (C=O) groups excluding carboxylic acids is 4. The third kappa shape index (κ3) is 5.76. The largest absolute Gasteiger partial charge is 0.380 e. The monoisotopic (exact) mass is 580 g/mol. The third-order valence-corrected chi connectivity index (χ3v) is 8.22. The summed E-state index contributed by atoms with van der Waals surface area (Å²) in [6.45, 7) is 6.56. The number of benzene rings is 2. The van der Waals surface area contributed by atoms with E-state index >= 15 is 0 Å². The van der Waals surface area contributed by atoms with Crippen LogP contribution >= 0.6 is 23.2 Å². The summed E-state index contributed by atoms with van der Waals surface area (Å²) in [5, 5.41) is 6.09. The molecule has 0 amide bonds. The van der Waals surface area contributed by atoms with Crippen molar-refractivity contribution in [2.24, 2.45) is 0 Å². The number of carbonyl (C=O) groups is 4. The second-order valence-corrected chi connectivity index (χ2v) is 10.8. The van der Waals surface area contributed by atoms with Crippen molar-refractivity contribution in [3.63, 3.8) is 0 Å². The Labute approximate surface area is 243 Å². The highest BCUT2D eigenvalue weighted by molar-refractivity contribution is 6.50. The van der Waals surface area contributed by atoms with E-state index in [-0.39, 0.29) is 44.6 Å². The lowest BCUT2D eigenvalue weighted by Crippen LogP contribution is -2.47. The molecule has 5 rings (SSSR count). The van der Waals surface area contributed by atoms with Crippen molar-refractivity contribution in [2.75, 3.05) is 52.4 Å². The van der Waals surface area contributed by atoms with Gasteiger partial charge in [-0.1, -0.05) is 71.7 Å². The van der Waals surface area contributed by atoms with E-state index in [1.54, 1.807) is 48.5 Å². The van der Waals surface area contributed by atoms with Crippen LogP contribution in [0.1, 0.15) is 54.3 Å². The highest BCUT2D eigenvalue weighted by Crippen LogP contribution is 2.28. The van der Waals surface area contributed by atoms with Crippen LogP contribution in [0.4, 0.5) is 0 Å². The first-order valence-electron chi connectivity index (χ1n) is 13.5. The Hall–Kier alpha value is -3.30. The Kier molecular flexibility index (Phi) is 8.81. The summed E-state index contributed by atoms with van der Waals surface area (Å²) < 4.78 is 0. The predicted octanol–water partition coefficient (Wildman–Crippen LogP) is 3.62. The zero-order chi connectivity index (χ0) is 28.2. The molecule has 1 heterocycles. The van der Waals surface area contributed by atoms with E-state index in [0.29, 0.717) is 35.3 Å². The number of piperazine rings is 1. The van der Waals surface area contributed by atoms with Crippen LogP contribution in [-0.4, -0.2) is 85.3 Å². The Morgan fingerprint density at radius 3 is 1.23 bits per heavy atom. The number of hydrogen-bond donors (Lipinski definition) is 2. The average molecular weight is 582 g/mol. The van der Waals surface area contributed by atoms with Crippen LogP contribution in [0.3, 0.4) is 0 Å². The highest BCUT2D eigenvalue weighted by atomic mass is 35.5. The van der Waals surface area contributed by atoms with E-state index in [2.05, 4.69) is 20.4 Å². The SMILES string of the molecule is O=C1C(Cl)=C(NCCCN2CCN(CCCNC3=C(Cl)C(=O)c4ccccc4C3=O)CC2)C(=O)c2ccccc21. The zero-order valence-electron chi connectivity index (χ0n) is 22.0. The molecule has 3 aliphatic rings. The molecule has 2 aliphatic carbocycles. The van der Waals surface area contributed by atoms with Crippen molar-refractivity contribution in [3.05, 3.63) is 92.2 Å². The van der Waals surface area contributed by atoms with Crippen molar-refractivity contribution in [3.8, 4) is 0 Å². The minimum Gasteiger partial charge on any atom is -0.380 e. The van der Waals surface area contributed by atoms with E-state index in [4.69, 9.17) is 23.2 Å². The van der Waals surface area contributed by atoms with E-state index < -0.39 is 0 Å². The molecule has 1 aliphatic heterocycles. The molecule has 2 aromatic carbocycles. The third-order valence-electron chi connectivity index (χ3n) is 7.50. The van der Waals surface area contributed by atoms with E-state index in [1.165, 1.54) is 0 Å². The Balaban J connectivity index is 1.00. The number of nitrogens with zero attached hydrogens (tertiary/aromatic N) is 2. The maximum Gasteiger partial charge on any atom is 0.211 e. The lowest BCUT2D eigenvalue weighted by molar-refractivity contribution is 0.0973. The molecule has 0 spiro atoms. The van der Waals surface area contributed by atoms with Crippen LogP contribution in [-0.2, 0) is 0 Å². The molecule has 2 aromatic rings. The van der Waals surface area contributed by atoms with E-state index in [9.17, 15) is 19.2 Å². The van der Waals surface area contributed by atoms with Gasteiger partial charge in [0, 0.05) is 61.5 Å². The summed E-state index contributed by atoms with van der Waals surface area (Å²) in [7, 11) is 0. The number of hydrogen-bond acceptors (Lipinski definition) is 8. The van der Waals surface area contributed by atoms with Crippen LogP contribution in [0.5, 0.6) is 0 Å². The number of Topliss-reactive ketones (excluding diaryl/α,β-unsaturated/α-hetero) is 4. The van der Waals surface area contributed by atoms with Crippen molar-refractivity contribution in [1.82, 2.24) is 20.4 Å². The van der Waals surface area contributed by atoms with Gasteiger partial charge in [-0.25, -0.2) is 0 Å². The zero-order valence-corrected chi connectivity index (χ0v) is 23.5. The van der Waals surface area contributed by atoms with Crippen LogP contribution in [0, 0.1) is 0 Å². The van der Waals surface area contributed by atoms with Gasteiger partial charge in [0.2, 0.25) is 23.1 Å². The first-order valence-corrected chi connectivity index (χ1v) is 14.2. The van der Waals surface area contributed by atoms with Crippen molar-refractivity contribution in [1.29, 1.82) is 0 Å². The van der Waals surface area contributed by atoms with Crippen LogP contribution in [0.15, 0.2) is 70.0 Å². The van der Waals surface area contributed by atoms with Gasteiger partial charge in [0.1, 0.15) is 21.5 Å². The molecule has 2 N–H and O–H groups in total. The molecule has 0 saturated carbocycles. The molecular weight excluding hydrogens is 551 g/mol. The van der Waals surface area contributed by atoms with Crippen LogP contribution in [0.25, 0.3) is 0 Å². The number of fused-ring (bicyclic) bond motifs is 2. The van der Waals surface area contributed by atoms with Gasteiger partial charge in [-0.3, -0.25) is 19.2 Å². The van der Waals surface area contributed by atoms with Crippen molar-refractivity contribution >= 4 is 46.3 Å². The normalized spacial score (nSPS) is 18.2. The van der Waals surface area contributed by atoms with Crippen LogP contribution in [0.2, 0.25) is 0 Å². The number of nitrogens with one attached hydrogen (secondary N) is 2. The maximum absolute atomic E-state index is 12.8. The van der Waals surface area contributed by atoms with Gasteiger partial charge in [0.15, 0.2) is 0 Å². The van der Waals surface area contributed by atoms with Crippen LogP contribution < -0.4 is 10.6 Å². The Morgan fingerprint density at radius 2 is 0.875 bits per heavy atom. The summed E-state index contributed by atoms with van der Waals surface area (Å²) in [6, 6.07) is 13.5. The summed E-state index contributed by atoms with van der Waals surface area (Å²) >= 11 is 12.4. The molecule has 8 nitrogen and oxygen atoms in total. The second-order valence-electron chi connectivity index (χ2n) is 10.0. The van der Waals surface area contributed by atoms with Gasteiger partial charge in [-0.2, -0.15) is 0 Å². The summed E-state index contributed by atoms with van der Waals surface area (Å²) in [5.41, 5.74) is 1.83. The standard InChI is InChI=1S/C30H30Cl2N4O4/c31-23-25(29(39)21-9-3-1-7-19(21)27(23)37)33-11-5-13-35-15-17-36(18-16-35)14-6-12-34-26-24(32)28(38)20-8-2-4-10-22(20)30(26)40/h1-4,7-10,33-34H,5-6,11-18H2. The fourth-order valence-electron chi connectivity index (χ4n) is 5.27.